The van der Waals surface area contributed by atoms with E-state index in [1.807, 2.05) is 10.6 Å². The van der Waals surface area contributed by atoms with Gasteiger partial charge < -0.3 is 9.47 Å². The van der Waals surface area contributed by atoms with Gasteiger partial charge in [0.05, 0.1) is 0 Å². The van der Waals surface area contributed by atoms with E-state index in [2.05, 4.69) is 17.9 Å². The number of rotatable bonds is 1. The quantitative estimate of drug-likeness (QED) is 0.709. The summed E-state index contributed by atoms with van der Waals surface area (Å²) in [6.07, 6.45) is 1.26. The standard InChI is InChI=1S/C13H18N2O/c1-2-14-7-10-6-11(9-14)12-4-3-5-13(16)15(12)8-10/h3-5,10-11H,2,6-9H2,1H3/t10-,11-/m0/s1. The summed E-state index contributed by atoms with van der Waals surface area (Å²) in [4.78, 5) is 14.3. The highest BCUT2D eigenvalue weighted by Crippen LogP contribution is 2.34. The van der Waals surface area contributed by atoms with Gasteiger partial charge in [-0.1, -0.05) is 13.0 Å². The smallest absolute Gasteiger partial charge is 0.250 e. The van der Waals surface area contributed by atoms with Crippen molar-refractivity contribution in [2.75, 3.05) is 19.6 Å². The van der Waals surface area contributed by atoms with E-state index in [4.69, 9.17) is 0 Å². The second kappa shape index (κ2) is 3.74. The molecule has 1 aromatic heterocycles. The van der Waals surface area contributed by atoms with Crippen molar-refractivity contribution >= 4 is 0 Å². The molecule has 1 saturated heterocycles. The van der Waals surface area contributed by atoms with Crippen LogP contribution < -0.4 is 5.56 Å². The number of piperidine rings is 1. The molecule has 0 radical (unpaired) electrons. The second-order valence-electron chi connectivity index (χ2n) is 5.05. The van der Waals surface area contributed by atoms with Gasteiger partial charge in [0, 0.05) is 37.3 Å². The minimum Gasteiger partial charge on any atom is -0.312 e. The number of pyridine rings is 1. The fourth-order valence-electron chi connectivity index (χ4n) is 3.25. The van der Waals surface area contributed by atoms with E-state index in [-0.39, 0.29) is 5.56 Å². The minimum atomic E-state index is 0.178. The molecule has 2 bridgehead atoms. The van der Waals surface area contributed by atoms with Gasteiger partial charge in [-0.2, -0.15) is 0 Å². The summed E-state index contributed by atoms with van der Waals surface area (Å²) in [6.45, 7) is 6.55. The van der Waals surface area contributed by atoms with Crippen LogP contribution >= 0.6 is 0 Å². The Morgan fingerprint density at radius 3 is 3.00 bits per heavy atom. The zero-order chi connectivity index (χ0) is 11.1. The van der Waals surface area contributed by atoms with Crippen molar-refractivity contribution in [1.29, 1.82) is 0 Å². The van der Waals surface area contributed by atoms with E-state index in [9.17, 15) is 4.79 Å². The van der Waals surface area contributed by atoms with Crippen molar-refractivity contribution in [3.63, 3.8) is 0 Å². The maximum Gasteiger partial charge on any atom is 0.250 e. The first-order valence-electron chi connectivity index (χ1n) is 6.20. The largest absolute Gasteiger partial charge is 0.312 e. The van der Waals surface area contributed by atoms with Gasteiger partial charge in [0.15, 0.2) is 0 Å². The van der Waals surface area contributed by atoms with Crippen molar-refractivity contribution in [3.8, 4) is 0 Å². The van der Waals surface area contributed by atoms with Crippen LogP contribution in [0, 0.1) is 5.92 Å². The van der Waals surface area contributed by atoms with Crippen LogP contribution in [0.3, 0.4) is 0 Å². The third-order valence-corrected chi connectivity index (χ3v) is 4.00. The number of hydrogen-bond donors (Lipinski definition) is 0. The van der Waals surface area contributed by atoms with E-state index < -0.39 is 0 Å². The van der Waals surface area contributed by atoms with Crippen LogP contribution in [0.2, 0.25) is 0 Å². The average molecular weight is 218 g/mol. The van der Waals surface area contributed by atoms with Crippen LogP contribution in [0.1, 0.15) is 25.0 Å². The van der Waals surface area contributed by atoms with Crippen LogP contribution in [0.5, 0.6) is 0 Å². The Balaban J connectivity index is 2.02. The van der Waals surface area contributed by atoms with Gasteiger partial charge in [0.25, 0.3) is 5.56 Å². The van der Waals surface area contributed by atoms with Crippen LogP contribution in [0.15, 0.2) is 23.0 Å². The maximum atomic E-state index is 11.8. The summed E-state index contributed by atoms with van der Waals surface area (Å²) in [5, 5.41) is 0. The monoisotopic (exact) mass is 218 g/mol. The van der Waals surface area contributed by atoms with Gasteiger partial charge in [-0.3, -0.25) is 4.79 Å². The molecule has 0 aromatic carbocycles. The first-order chi connectivity index (χ1) is 7.78. The van der Waals surface area contributed by atoms with Gasteiger partial charge in [0.1, 0.15) is 0 Å². The predicted octanol–water partition coefficient (Wildman–Crippen LogP) is 1.29. The van der Waals surface area contributed by atoms with Crippen molar-refractivity contribution in [2.45, 2.75) is 25.8 Å². The van der Waals surface area contributed by atoms with Crippen LogP contribution in [0.25, 0.3) is 0 Å². The van der Waals surface area contributed by atoms with E-state index in [1.54, 1.807) is 6.07 Å². The lowest BCUT2D eigenvalue weighted by molar-refractivity contribution is 0.125. The molecule has 3 rings (SSSR count). The normalized spacial score (nSPS) is 28.8. The number of fused-ring (bicyclic) bond motifs is 4. The lowest BCUT2D eigenvalue weighted by Gasteiger charge is -2.42. The molecular formula is C13H18N2O. The molecule has 0 spiro atoms. The van der Waals surface area contributed by atoms with Crippen LogP contribution in [0.4, 0.5) is 0 Å². The molecule has 2 aliphatic heterocycles. The predicted molar refractivity (Wildman–Crippen MR) is 63.7 cm³/mol. The van der Waals surface area contributed by atoms with E-state index in [1.165, 1.54) is 12.1 Å². The van der Waals surface area contributed by atoms with Crippen LogP contribution in [-0.2, 0) is 6.54 Å². The summed E-state index contributed by atoms with van der Waals surface area (Å²) in [5.41, 5.74) is 1.43. The Labute approximate surface area is 95.7 Å². The van der Waals surface area contributed by atoms with Crippen LogP contribution in [-0.4, -0.2) is 29.1 Å². The Hall–Kier alpha value is -1.09. The molecule has 3 heteroatoms. The Morgan fingerprint density at radius 2 is 2.19 bits per heavy atom. The van der Waals surface area contributed by atoms with Gasteiger partial charge >= 0.3 is 0 Å². The summed E-state index contributed by atoms with van der Waals surface area (Å²) >= 11 is 0. The van der Waals surface area contributed by atoms with E-state index >= 15 is 0 Å². The van der Waals surface area contributed by atoms with Crippen molar-refractivity contribution in [2.24, 2.45) is 5.92 Å². The van der Waals surface area contributed by atoms with Crippen molar-refractivity contribution in [1.82, 2.24) is 9.47 Å². The molecule has 3 nitrogen and oxygen atoms in total. The molecule has 16 heavy (non-hydrogen) atoms. The minimum absolute atomic E-state index is 0.178. The summed E-state index contributed by atoms with van der Waals surface area (Å²) in [5.74, 6) is 1.24. The lowest BCUT2D eigenvalue weighted by atomic mass is 9.83. The first kappa shape index (κ1) is 10.1. The fraction of sp³-hybridized carbons (Fsp3) is 0.615. The van der Waals surface area contributed by atoms with Crippen molar-refractivity contribution in [3.05, 3.63) is 34.2 Å². The third-order valence-electron chi connectivity index (χ3n) is 4.00. The molecule has 0 aliphatic carbocycles. The molecule has 1 fully saturated rings. The third kappa shape index (κ3) is 1.50. The molecule has 0 unspecified atom stereocenters. The molecule has 0 saturated carbocycles. The number of likely N-dealkylation sites (N-methyl/N-ethyl adjacent to an activating group) is 1. The Kier molecular flexibility index (Phi) is 2.36. The highest BCUT2D eigenvalue weighted by molar-refractivity contribution is 5.16. The number of aromatic nitrogens is 1. The Morgan fingerprint density at radius 1 is 1.31 bits per heavy atom. The SMILES string of the molecule is CCN1C[C@@H]2C[C@@H](C1)c1cccc(=O)n1C2. The first-order valence-corrected chi connectivity index (χ1v) is 6.20. The molecule has 86 valence electrons. The summed E-state index contributed by atoms with van der Waals surface area (Å²) < 4.78 is 1.99. The highest BCUT2D eigenvalue weighted by Gasteiger charge is 2.33. The second-order valence-corrected chi connectivity index (χ2v) is 5.05. The molecule has 0 amide bonds. The molecule has 1 aromatic rings. The van der Waals surface area contributed by atoms with Gasteiger partial charge in [-0.15, -0.1) is 0 Å². The molecular weight excluding hydrogens is 200 g/mol. The number of nitrogens with zero attached hydrogens (tertiary/aromatic N) is 2. The van der Waals surface area contributed by atoms with Gasteiger partial charge in [-0.25, -0.2) is 0 Å². The molecule has 2 atom stereocenters. The molecule has 0 N–H and O–H groups in total. The maximum absolute atomic E-state index is 11.8. The van der Waals surface area contributed by atoms with Crippen molar-refractivity contribution < 1.29 is 0 Å². The average Bonchev–Trinajstić information content (AvgIpc) is 2.30. The zero-order valence-electron chi connectivity index (χ0n) is 9.72. The zero-order valence-corrected chi connectivity index (χ0v) is 9.72. The fourth-order valence-corrected chi connectivity index (χ4v) is 3.25. The topological polar surface area (TPSA) is 25.2 Å². The number of hydrogen-bond acceptors (Lipinski definition) is 2. The van der Waals surface area contributed by atoms with E-state index in [0.29, 0.717) is 11.8 Å². The molecule has 3 heterocycles. The highest BCUT2D eigenvalue weighted by atomic mass is 16.1. The van der Waals surface area contributed by atoms with Gasteiger partial charge in [0.2, 0.25) is 0 Å². The number of likely N-dealkylation sites (tertiary alicyclic amines) is 1. The summed E-state index contributed by atoms with van der Waals surface area (Å²) in [6, 6.07) is 5.71. The lowest BCUT2D eigenvalue weighted by Crippen LogP contribution is -2.46. The Bertz CT molecular complexity index is 451. The summed E-state index contributed by atoms with van der Waals surface area (Å²) in [7, 11) is 0. The van der Waals surface area contributed by atoms with Gasteiger partial charge in [-0.05, 0) is 24.9 Å². The molecule has 2 aliphatic rings. The van der Waals surface area contributed by atoms with E-state index in [0.717, 1.165) is 26.2 Å².